The molecular formula is C24H25ClN4. The molecule has 3 aromatic rings. The molecule has 0 bridgehead atoms. The number of rotatable bonds is 2. The average molecular weight is 405 g/mol. The fourth-order valence-corrected chi connectivity index (χ4v) is 4.89. The zero-order valence-electron chi connectivity index (χ0n) is 16.9. The zero-order chi connectivity index (χ0) is 20.0. The normalized spacial score (nSPS) is 19.3. The molecule has 0 spiro atoms. The van der Waals surface area contributed by atoms with Crippen molar-refractivity contribution in [2.75, 3.05) is 7.05 Å². The van der Waals surface area contributed by atoms with Gasteiger partial charge in [0.2, 0.25) is 0 Å². The Hall–Kier alpha value is -2.43. The van der Waals surface area contributed by atoms with Crippen molar-refractivity contribution < 1.29 is 0 Å². The van der Waals surface area contributed by atoms with Crippen LogP contribution in [0.5, 0.6) is 0 Å². The Labute approximate surface area is 176 Å². The molecular weight excluding hydrogens is 380 g/mol. The van der Waals surface area contributed by atoms with Gasteiger partial charge in [-0.05, 0) is 73.7 Å². The predicted molar refractivity (Wildman–Crippen MR) is 117 cm³/mol. The lowest BCUT2D eigenvalue weighted by molar-refractivity contribution is 0.315. The number of aryl methyl sites for hydroxylation is 1. The standard InChI is InChI=1S/C24H25ClN4/c1-16-5-3-4-6-21(16)17-7-9-18(10-8-17)24-27-26-23-15-28(2)14-19-13-20(25)11-12-22(19)29(23)24/h3-7,11-13,18H,8-10,14-15H2,1-2H3. The molecule has 2 aliphatic rings. The van der Waals surface area contributed by atoms with Crippen LogP contribution in [0, 0.1) is 6.92 Å². The number of hydrogen-bond acceptors (Lipinski definition) is 3. The van der Waals surface area contributed by atoms with Gasteiger partial charge in [0.25, 0.3) is 0 Å². The maximum atomic E-state index is 6.29. The highest BCUT2D eigenvalue weighted by molar-refractivity contribution is 6.30. The first-order chi connectivity index (χ1) is 14.1. The van der Waals surface area contributed by atoms with Crippen LogP contribution in [0.3, 0.4) is 0 Å². The Morgan fingerprint density at radius 3 is 2.72 bits per heavy atom. The first kappa shape index (κ1) is 18.6. The highest BCUT2D eigenvalue weighted by atomic mass is 35.5. The minimum Gasteiger partial charge on any atom is -0.295 e. The maximum absolute atomic E-state index is 6.29. The van der Waals surface area contributed by atoms with Crippen molar-refractivity contribution in [1.29, 1.82) is 0 Å². The molecule has 1 aliphatic heterocycles. The molecule has 0 radical (unpaired) electrons. The second kappa shape index (κ2) is 7.43. The van der Waals surface area contributed by atoms with Crippen LogP contribution in [0.4, 0.5) is 0 Å². The summed E-state index contributed by atoms with van der Waals surface area (Å²) in [6, 6.07) is 14.8. The molecule has 1 aromatic heterocycles. The molecule has 4 nitrogen and oxygen atoms in total. The summed E-state index contributed by atoms with van der Waals surface area (Å²) in [5.41, 5.74) is 6.59. The van der Waals surface area contributed by atoms with Gasteiger partial charge in [-0.25, -0.2) is 0 Å². The number of benzene rings is 2. The predicted octanol–water partition coefficient (Wildman–Crippen LogP) is 5.53. The summed E-state index contributed by atoms with van der Waals surface area (Å²) in [5, 5.41) is 10.0. The fourth-order valence-electron chi connectivity index (χ4n) is 4.69. The fraction of sp³-hybridized carbons (Fsp3) is 0.333. The van der Waals surface area contributed by atoms with Crippen LogP contribution in [-0.4, -0.2) is 26.7 Å². The molecule has 1 unspecified atom stereocenters. The van der Waals surface area contributed by atoms with E-state index in [0.717, 1.165) is 49.0 Å². The average Bonchev–Trinajstić information content (AvgIpc) is 3.06. The van der Waals surface area contributed by atoms with Crippen LogP contribution in [0.1, 0.15) is 53.5 Å². The second-order valence-corrected chi connectivity index (χ2v) is 8.71. The van der Waals surface area contributed by atoms with Crippen LogP contribution >= 0.6 is 11.6 Å². The maximum Gasteiger partial charge on any atom is 0.151 e. The Kier molecular flexibility index (Phi) is 4.76. The topological polar surface area (TPSA) is 34.0 Å². The summed E-state index contributed by atoms with van der Waals surface area (Å²) in [5.74, 6) is 2.48. The number of hydrogen-bond donors (Lipinski definition) is 0. The summed E-state index contributed by atoms with van der Waals surface area (Å²) in [7, 11) is 2.12. The lowest BCUT2D eigenvalue weighted by Crippen LogP contribution is -2.16. The van der Waals surface area contributed by atoms with Crippen molar-refractivity contribution in [3.05, 3.63) is 81.9 Å². The Bertz CT molecular complexity index is 1100. The number of aromatic nitrogens is 3. The van der Waals surface area contributed by atoms with Crippen LogP contribution in [-0.2, 0) is 13.1 Å². The van der Waals surface area contributed by atoms with Crippen molar-refractivity contribution in [3.63, 3.8) is 0 Å². The number of allylic oxidation sites excluding steroid dienone is 2. The number of halogens is 1. The van der Waals surface area contributed by atoms with Crippen molar-refractivity contribution in [2.24, 2.45) is 0 Å². The molecule has 0 N–H and O–H groups in total. The smallest absolute Gasteiger partial charge is 0.151 e. The summed E-state index contributed by atoms with van der Waals surface area (Å²) >= 11 is 6.29. The van der Waals surface area contributed by atoms with Crippen LogP contribution < -0.4 is 0 Å². The highest BCUT2D eigenvalue weighted by Gasteiger charge is 2.28. The van der Waals surface area contributed by atoms with E-state index in [1.54, 1.807) is 0 Å². The summed E-state index contributed by atoms with van der Waals surface area (Å²) in [6.45, 7) is 3.84. The van der Waals surface area contributed by atoms with Gasteiger partial charge < -0.3 is 0 Å². The van der Waals surface area contributed by atoms with Crippen molar-refractivity contribution in [1.82, 2.24) is 19.7 Å². The molecule has 5 rings (SSSR count). The van der Waals surface area contributed by atoms with E-state index < -0.39 is 0 Å². The Morgan fingerprint density at radius 2 is 1.93 bits per heavy atom. The molecule has 5 heteroatoms. The number of nitrogens with zero attached hydrogens (tertiary/aromatic N) is 4. The quantitative estimate of drug-likeness (QED) is 0.563. The molecule has 0 amide bonds. The van der Waals surface area contributed by atoms with Gasteiger partial charge in [0.15, 0.2) is 5.82 Å². The van der Waals surface area contributed by atoms with E-state index in [0.29, 0.717) is 5.92 Å². The SMILES string of the molecule is Cc1ccccc1C1=CCC(c2nnc3n2-c2ccc(Cl)cc2CN(C)C3)CC1. The van der Waals surface area contributed by atoms with Gasteiger partial charge in [0.05, 0.1) is 12.2 Å². The largest absolute Gasteiger partial charge is 0.295 e. The van der Waals surface area contributed by atoms with E-state index in [9.17, 15) is 0 Å². The zero-order valence-corrected chi connectivity index (χ0v) is 17.7. The summed E-state index contributed by atoms with van der Waals surface area (Å²) in [6.07, 6.45) is 5.58. The lowest BCUT2D eigenvalue weighted by atomic mass is 9.85. The first-order valence-corrected chi connectivity index (χ1v) is 10.6. The Balaban J connectivity index is 1.51. The van der Waals surface area contributed by atoms with E-state index >= 15 is 0 Å². The number of fused-ring (bicyclic) bond motifs is 3. The van der Waals surface area contributed by atoms with Crippen LogP contribution in [0.15, 0.2) is 48.5 Å². The molecule has 0 fully saturated rings. The molecule has 1 atom stereocenters. The Morgan fingerprint density at radius 1 is 1.07 bits per heavy atom. The molecule has 29 heavy (non-hydrogen) atoms. The summed E-state index contributed by atoms with van der Waals surface area (Å²) < 4.78 is 2.28. The van der Waals surface area contributed by atoms with Crippen LogP contribution in [0.2, 0.25) is 5.02 Å². The van der Waals surface area contributed by atoms with Gasteiger partial charge in [-0.1, -0.05) is 41.9 Å². The van der Waals surface area contributed by atoms with Gasteiger partial charge in [-0.2, -0.15) is 0 Å². The molecule has 2 aromatic carbocycles. The first-order valence-electron chi connectivity index (χ1n) is 10.3. The van der Waals surface area contributed by atoms with Gasteiger partial charge in [0, 0.05) is 17.5 Å². The summed E-state index contributed by atoms with van der Waals surface area (Å²) in [4.78, 5) is 2.27. The van der Waals surface area contributed by atoms with Crippen molar-refractivity contribution in [2.45, 2.75) is 45.2 Å². The van der Waals surface area contributed by atoms with Crippen LogP contribution in [0.25, 0.3) is 11.3 Å². The third-order valence-corrected chi connectivity index (χ3v) is 6.39. The lowest BCUT2D eigenvalue weighted by Gasteiger charge is -2.23. The second-order valence-electron chi connectivity index (χ2n) is 8.27. The molecule has 1 aliphatic carbocycles. The minimum atomic E-state index is 0.385. The van der Waals surface area contributed by atoms with Gasteiger partial charge in [-0.3, -0.25) is 9.47 Å². The van der Waals surface area contributed by atoms with Gasteiger partial charge in [-0.15, -0.1) is 10.2 Å². The third kappa shape index (κ3) is 3.41. The van der Waals surface area contributed by atoms with E-state index in [2.05, 4.69) is 76.1 Å². The van der Waals surface area contributed by atoms with E-state index in [4.69, 9.17) is 11.6 Å². The third-order valence-electron chi connectivity index (χ3n) is 6.16. The molecule has 2 heterocycles. The molecule has 148 valence electrons. The van der Waals surface area contributed by atoms with Crippen molar-refractivity contribution >= 4 is 17.2 Å². The van der Waals surface area contributed by atoms with E-state index in [-0.39, 0.29) is 0 Å². The van der Waals surface area contributed by atoms with Gasteiger partial charge >= 0.3 is 0 Å². The van der Waals surface area contributed by atoms with E-state index in [1.807, 2.05) is 6.07 Å². The van der Waals surface area contributed by atoms with E-state index in [1.165, 1.54) is 28.0 Å². The minimum absolute atomic E-state index is 0.385. The molecule has 0 saturated carbocycles. The van der Waals surface area contributed by atoms with Crippen molar-refractivity contribution in [3.8, 4) is 5.69 Å². The van der Waals surface area contributed by atoms with Gasteiger partial charge in [0.1, 0.15) is 5.82 Å². The highest BCUT2D eigenvalue weighted by Crippen LogP contribution is 2.38. The monoisotopic (exact) mass is 404 g/mol. The molecule has 0 saturated heterocycles.